The van der Waals surface area contributed by atoms with Crippen molar-refractivity contribution in [2.24, 2.45) is 0 Å². The van der Waals surface area contributed by atoms with Crippen molar-refractivity contribution in [1.82, 2.24) is 24.7 Å². The second kappa shape index (κ2) is 7.92. The predicted molar refractivity (Wildman–Crippen MR) is 109 cm³/mol. The molecular weight excluding hydrogens is 357 g/mol. The van der Waals surface area contributed by atoms with Crippen LogP contribution in [0.4, 0.5) is 16.3 Å². The van der Waals surface area contributed by atoms with Gasteiger partial charge >= 0.3 is 0 Å². The van der Waals surface area contributed by atoms with Gasteiger partial charge in [0.2, 0.25) is 11.9 Å². The molecule has 148 valence electrons. The van der Waals surface area contributed by atoms with Crippen LogP contribution in [0.2, 0.25) is 0 Å². The van der Waals surface area contributed by atoms with E-state index in [9.17, 15) is 4.39 Å². The minimum absolute atomic E-state index is 0.0633. The zero-order valence-corrected chi connectivity index (χ0v) is 17.1. The number of hydrogen-bond donors (Lipinski definition) is 1. The fraction of sp³-hybridized carbons (Fsp3) is 0.400. The van der Waals surface area contributed by atoms with Crippen LogP contribution in [0.1, 0.15) is 49.8 Å². The molecular formula is C20H26FN7. The summed E-state index contributed by atoms with van der Waals surface area (Å²) in [5.74, 6) is 1.82. The van der Waals surface area contributed by atoms with Crippen molar-refractivity contribution in [3.63, 3.8) is 0 Å². The SMILES string of the molecule is Cc1c(C(C)Nc2nc(C(C)C)nc(N(C)C)n2)cnn1-c1ccc(F)cc1. The molecule has 2 aromatic heterocycles. The summed E-state index contributed by atoms with van der Waals surface area (Å²) in [7, 11) is 3.81. The van der Waals surface area contributed by atoms with Gasteiger partial charge < -0.3 is 10.2 Å². The monoisotopic (exact) mass is 383 g/mol. The van der Waals surface area contributed by atoms with Crippen LogP contribution in [0, 0.1) is 12.7 Å². The molecule has 0 aliphatic heterocycles. The van der Waals surface area contributed by atoms with Crippen molar-refractivity contribution in [1.29, 1.82) is 0 Å². The zero-order valence-electron chi connectivity index (χ0n) is 17.1. The molecule has 2 heterocycles. The van der Waals surface area contributed by atoms with Crippen LogP contribution in [0.25, 0.3) is 5.69 Å². The van der Waals surface area contributed by atoms with Crippen molar-refractivity contribution in [3.8, 4) is 5.69 Å². The van der Waals surface area contributed by atoms with E-state index in [0.717, 1.165) is 22.8 Å². The van der Waals surface area contributed by atoms with Crippen LogP contribution >= 0.6 is 0 Å². The van der Waals surface area contributed by atoms with Crippen LogP contribution in [0.15, 0.2) is 30.5 Å². The molecule has 1 atom stereocenters. The Bertz CT molecular complexity index is 921. The zero-order chi connectivity index (χ0) is 20.4. The summed E-state index contributed by atoms with van der Waals surface area (Å²) in [5, 5.41) is 7.82. The molecule has 1 N–H and O–H groups in total. The normalized spacial score (nSPS) is 12.3. The van der Waals surface area contributed by atoms with Gasteiger partial charge in [-0.15, -0.1) is 0 Å². The molecule has 0 saturated carbocycles. The number of hydrogen-bond acceptors (Lipinski definition) is 6. The summed E-state index contributed by atoms with van der Waals surface area (Å²) < 4.78 is 15.0. The molecule has 0 fully saturated rings. The van der Waals surface area contributed by atoms with E-state index < -0.39 is 0 Å². The molecule has 28 heavy (non-hydrogen) atoms. The number of rotatable bonds is 6. The molecule has 0 amide bonds. The van der Waals surface area contributed by atoms with Gasteiger partial charge in [-0.3, -0.25) is 0 Å². The largest absolute Gasteiger partial charge is 0.347 e. The second-order valence-electron chi connectivity index (χ2n) is 7.31. The average molecular weight is 383 g/mol. The average Bonchev–Trinajstić information content (AvgIpc) is 3.03. The first-order chi connectivity index (χ1) is 13.3. The van der Waals surface area contributed by atoms with Gasteiger partial charge in [0.25, 0.3) is 0 Å². The van der Waals surface area contributed by atoms with E-state index >= 15 is 0 Å². The summed E-state index contributed by atoms with van der Waals surface area (Å²) in [6.07, 6.45) is 1.81. The van der Waals surface area contributed by atoms with E-state index in [2.05, 4.69) is 39.2 Å². The van der Waals surface area contributed by atoms with E-state index in [1.54, 1.807) is 16.8 Å². The van der Waals surface area contributed by atoms with Gasteiger partial charge in [-0.2, -0.15) is 20.1 Å². The van der Waals surface area contributed by atoms with Gasteiger partial charge in [-0.25, -0.2) is 9.07 Å². The fourth-order valence-electron chi connectivity index (χ4n) is 2.86. The van der Waals surface area contributed by atoms with E-state index in [0.29, 0.717) is 11.9 Å². The van der Waals surface area contributed by atoms with Gasteiger partial charge in [0.1, 0.15) is 11.6 Å². The maximum atomic E-state index is 13.2. The van der Waals surface area contributed by atoms with Crippen LogP contribution in [0.3, 0.4) is 0 Å². The molecule has 1 unspecified atom stereocenters. The molecule has 0 aliphatic rings. The summed E-state index contributed by atoms with van der Waals surface area (Å²) in [6.45, 7) is 8.13. The predicted octanol–water partition coefficient (Wildman–Crippen LogP) is 3.87. The van der Waals surface area contributed by atoms with Gasteiger partial charge in [0, 0.05) is 31.3 Å². The smallest absolute Gasteiger partial charge is 0.229 e. The van der Waals surface area contributed by atoms with Crippen molar-refractivity contribution in [3.05, 3.63) is 53.4 Å². The fourth-order valence-corrected chi connectivity index (χ4v) is 2.86. The molecule has 3 rings (SSSR count). The highest BCUT2D eigenvalue weighted by Crippen LogP contribution is 2.24. The van der Waals surface area contributed by atoms with Crippen molar-refractivity contribution in [2.75, 3.05) is 24.3 Å². The molecule has 0 aliphatic carbocycles. The molecule has 3 aromatic rings. The highest BCUT2D eigenvalue weighted by Gasteiger charge is 2.17. The first kappa shape index (κ1) is 19.7. The lowest BCUT2D eigenvalue weighted by Gasteiger charge is -2.18. The minimum Gasteiger partial charge on any atom is -0.347 e. The molecule has 8 heteroatoms. The first-order valence-electron chi connectivity index (χ1n) is 9.26. The number of nitrogens with zero attached hydrogens (tertiary/aromatic N) is 6. The Morgan fingerprint density at radius 1 is 1.04 bits per heavy atom. The van der Waals surface area contributed by atoms with Crippen LogP contribution < -0.4 is 10.2 Å². The molecule has 0 bridgehead atoms. The summed E-state index contributed by atoms with van der Waals surface area (Å²) in [4.78, 5) is 15.4. The van der Waals surface area contributed by atoms with Gasteiger partial charge in [-0.05, 0) is 38.1 Å². The highest BCUT2D eigenvalue weighted by atomic mass is 19.1. The van der Waals surface area contributed by atoms with Gasteiger partial charge in [0.05, 0.1) is 17.9 Å². The maximum Gasteiger partial charge on any atom is 0.229 e. The van der Waals surface area contributed by atoms with E-state index in [4.69, 9.17) is 0 Å². The molecule has 0 radical (unpaired) electrons. The number of nitrogens with one attached hydrogen (secondary N) is 1. The molecule has 0 saturated heterocycles. The van der Waals surface area contributed by atoms with Crippen LogP contribution in [-0.2, 0) is 0 Å². The summed E-state index contributed by atoms with van der Waals surface area (Å²) >= 11 is 0. The van der Waals surface area contributed by atoms with Gasteiger partial charge in [-0.1, -0.05) is 13.8 Å². The number of aromatic nitrogens is 5. The van der Waals surface area contributed by atoms with Crippen molar-refractivity contribution >= 4 is 11.9 Å². The quantitative estimate of drug-likeness (QED) is 0.697. The Kier molecular flexibility index (Phi) is 5.58. The Morgan fingerprint density at radius 3 is 2.32 bits per heavy atom. The van der Waals surface area contributed by atoms with E-state index in [1.807, 2.05) is 39.0 Å². The Labute approximate surface area is 164 Å². The topological polar surface area (TPSA) is 71.8 Å². The molecule has 0 spiro atoms. The third-order valence-corrected chi connectivity index (χ3v) is 4.49. The minimum atomic E-state index is -0.267. The molecule has 7 nitrogen and oxygen atoms in total. The number of benzene rings is 1. The van der Waals surface area contributed by atoms with Crippen molar-refractivity contribution < 1.29 is 4.39 Å². The third-order valence-electron chi connectivity index (χ3n) is 4.49. The van der Waals surface area contributed by atoms with Crippen LogP contribution in [0.5, 0.6) is 0 Å². The highest BCUT2D eigenvalue weighted by molar-refractivity contribution is 5.41. The summed E-state index contributed by atoms with van der Waals surface area (Å²) in [6, 6.07) is 6.22. The number of halogens is 1. The van der Waals surface area contributed by atoms with Crippen LogP contribution in [-0.4, -0.2) is 38.8 Å². The van der Waals surface area contributed by atoms with E-state index in [-0.39, 0.29) is 17.8 Å². The summed E-state index contributed by atoms with van der Waals surface area (Å²) in [5.41, 5.74) is 2.80. The number of anilines is 2. The lowest BCUT2D eigenvalue weighted by atomic mass is 10.1. The van der Waals surface area contributed by atoms with Gasteiger partial charge in [0.15, 0.2) is 0 Å². The maximum absolute atomic E-state index is 13.2. The Morgan fingerprint density at radius 2 is 1.71 bits per heavy atom. The lowest BCUT2D eigenvalue weighted by Crippen LogP contribution is -2.18. The third kappa shape index (κ3) is 4.11. The standard InChI is InChI=1S/C20H26FN7/c1-12(2)18-24-19(26-20(25-18)27(5)6)23-13(3)17-11-22-28(14(17)4)16-9-7-15(21)8-10-16/h7-13H,1-6H3,(H,23,24,25,26). The molecule has 1 aromatic carbocycles. The first-order valence-corrected chi connectivity index (χ1v) is 9.26. The van der Waals surface area contributed by atoms with Crippen molar-refractivity contribution in [2.45, 2.75) is 39.7 Å². The second-order valence-corrected chi connectivity index (χ2v) is 7.31. The Balaban J connectivity index is 1.87. The van der Waals surface area contributed by atoms with E-state index in [1.165, 1.54) is 12.1 Å². The Hall–Kier alpha value is -3.03. The lowest BCUT2D eigenvalue weighted by molar-refractivity contribution is 0.627.